The molecule has 6 heterocycles. The Balaban J connectivity index is 0.762. The monoisotopic (exact) mass is 1010 g/mol. The molecule has 3 amide bonds. The van der Waals surface area contributed by atoms with Gasteiger partial charge in [0.05, 0.1) is 24.4 Å². The zero-order valence-electron chi connectivity index (χ0n) is 41.8. The molecular formula is C55H60ClN11O4S. The maximum Gasteiger partial charge on any atom is 0.248 e. The third kappa shape index (κ3) is 9.61. The van der Waals surface area contributed by atoms with Gasteiger partial charge in [-0.25, -0.2) is 4.98 Å². The van der Waals surface area contributed by atoms with Crippen LogP contribution < -0.4 is 15.4 Å². The van der Waals surface area contributed by atoms with Crippen molar-refractivity contribution >= 4 is 46.4 Å². The van der Waals surface area contributed by atoms with Crippen molar-refractivity contribution in [3.05, 3.63) is 141 Å². The molecule has 1 aliphatic carbocycles. The van der Waals surface area contributed by atoms with E-state index in [1.54, 1.807) is 33.3 Å². The summed E-state index contributed by atoms with van der Waals surface area (Å²) in [5, 5.41) is 21.8. The fraction of sp³-hybridized carbons (Fsp3) is 0.382. The van der Waals surface area contributed by atoms with E-state index in [4.69, 9.17) is 26.4 Å². The number of nitrogens with one attached hydrogen (secondary N) is 2. The Labute approximate surface area is 428 Å². The number of amides is 3. The number of likely N-dealkylation sites (tertiary alicyclic amines) is 1. The van der Waals surface area contributed by atoms with E-state index < -0.39 is 18.1 Å². The molecule has 15 nitrogen and oxygen atoms in total. The lowest BCUT2D eigenvalue weighted by Crippen LogP contribution is -2.49. The third-order valence-corrected chi connectivity index (χ3v) is 15.8. The van der Waals surface area contributed by atoms with Gasteiger partial charge < -0.3 is 24.8 Å². The van der Waals surface area contributed by atoms with Crippen molar-refractivity contribution in [3.8, 4) is 33.3 Å². The van der Waals surface area contributed by atoms with Crippen LogP contribution in [0.1, 0.15) is 110 Å². The summed E-state index contributed by atoms with van der Waals surface area (Å²) in [5.74, 6) is 2.64. The largest absolute Gasteiger partial charge is 0.490 e. The summed E-state index contributed by atoms with van der Waals surface area (Å²) in [7, 11) is 1.96. The van der Waals surface area contributed by atoms with Crippen molar-refractivity contribution in [1.82, 2.24) is 49.6 Å². The van der Waals surface area contributed by atoms with Crippen molar-refractivity contribution < 1.29 is 19.1 Å². The van der Waals surface area contributed by atoms with Gasteiger partial charge in [-0.05, 0) is 86.9 Å². The Morgan fingerprint density at radius 2 is 1.67 bits per heavy atom. The summed E-state index contributed by atoms with van der Waals surface area (Å²) in [6, 6.07) is 21.5. The molecule has 17 heteroatoms. The van der Waals surface area contributed by atoms with Gasteiger partial charge in [-0.3, -0.25) is 28.6 Å². The van der Waals surface area contributed by atoms with E-state index in [0.717, 1.165) is 61.3 Å². The number of rotatable bonds is 14. The molecule has 72 heavy (non-hydrogen) atoms. The first-order valence-corrected chi connectivity index (χ1v) is 25.9. The Bertz CT molecular complexity index is 3180. The topological polar surface area (TPSA) is 166 Å². The summed E-state index contributed by atoms with van der Waals surface area (Å²) in [5.41, 5.74) is 7.60. The predicted molar refractivity (Wildman–Crippen MR) is 279 cm³/mol. The van der Waals surface area contributed by atoms with Gasteiger partial charge in [0.25, 0.3) is 0 Å². The molecule has 7 aromatic rings. The summed E-state index contributed by atoms with van der Waals surface area (Å²) in [6.07, 6.45) is 9.30. The van der Waals surface area contributed by atoms with Crippen molar-refractivity contribution in [2.75, 3.05) is 6.54 Å². The zero-order chi connectivity index (χ0) is 50.5. The molecule has 0 unspecified atom stereocenters. The second-order valence-corrected chi connectivity index (χ2v) is 21.7. The molecule has 3 aromatic carbocycles. The van der Waals surface area contributed by atoms with Crippen LogP contribution in [0, 0.1) is 32.6 Å². The van der Waals surface area contributed by atoms with Gasteiger partial charge in [0, 0.05) is 83.2 Å². The van der Waals surface area contributed by atoms with E-state index in [-0.39, 0.29) is 54.2 Å². The first-order valence-electron chi connectivity index (χ1n) is 24.8. The Morgan fingerprint density at radius 1 is 0.917 bits per heavy atom. The number of imidazole rings is 1. The van der Waals surface area contributed by atoms with Crippen LogP contribution in [0.5, 0.6) is 5.75 Å². The SMILES string of the molecule is Cc1sc2c(c1C)C(c1ccc(Cl)cc1)=N[C@@H](CC(=O)N[C@H]1C[C@@H](Oc3cccc(-c4cnn([C@@H](C(=O)N5C[C@H](C)C[C@H]5C(=O)N[C@@H](C)c5ccc(-c6nccn6C)cc5)C(C)C)c4)c3)C1)c1nnc(C)n1-2. The van der Waals surface area contributed by atoms with Gasteiger partial charge in [-0.1, -0.05) is 80.9 Å². The van der Waals surface area contributed by atoms with Crippen LogP contribution in [-0.4, -0.2) is 87.2 Å². The maximum atomic E-state index is 14.5. The molecule has 2 aliphatic heterocycles. The van der Waals surface area contributed by atoms with E-state index >= 15 is 0 Å². The Hall–Kier alpha value is -6.91. The number of ether oxygens (including phenoxy) is 1. The van der Waals surface area contributed by atoms with Crippen LogP contribution in [0.25, 0.3) is 27.5 Å². The number of halogens is 1. The summed E-state index contributed by atoms with van der Waals surface area (Å²) in [6.45, 7) is 14.7. The van der Waals surface area contributed by atoms with Gasteiger partial charge >= 0.3 is 0 Å². The fourth-order valence-corrected chi connectivity index (χ4v) is 11.7. The number of aryl methyl sites for hydroxylation is 3. The van der Waals surface area contributed by atoms with Crippen LogP contribution in [0.2, 0.25) is 5.02 Å². The number of aromatic nitrogens is 7. The minimum absolute atomic E-state index is 0.0471. The van der Waals surface area contributed by atoms with E-state index in [1.165, 1.54) is 4.88 Å². The van der Waals surface area contributed by atoms with E-state index in [1.807, 2.05) is 124 Å². The summed E-state index contributed by atoms with van der Waals surface area (Å²) in [4.78, 5) is 54.9. The van der Waals surface area contributed by atoms with Gasteiger partial charge in [-0.15, -0.1) is 21.5 Å². The third-order valence-electron chi connectivity index (χ3n) is 14.4. The van der Waals surface area contributed by atoms with Crippen molar-refractivity contribution in [2.45, 2.75) is 110 Å². The molecule has 2 fully saturated rings. The maximum absolute atomic E-state index is 14.5. The van der Waals surface area contributed by atoms with Crippen LogP contribution in [-0.2, 0) is 21.4 Å². The molecule has 10 rings (SSSR count). The lowest BCUT2D eigenvalue weighted by molar-refractivity contribution is -0.142. The number of carbonyl (C=O) groups is 3. The number of thiophene rings is 1. The smallest absolute Gasteiger partial charge is 0.248 e. The molecule has 3 aliphatic rings. The number of benzene rings is 3. The summed E-state index contributed by atoms with van der Waals surface area (Å²) >= 11 is 7.97. The number of hydrogen-bond acceptors (Lipinski definition) is 10. The highest BCUT2D eigenvalue weighted by molar-refractivity contribution is 7.15. The summed E-state index contributed by atoms with van der Waals surface area (Å²) < 4.78 is 12.2. The lowest BCUT2D eigenvalue weighted by Gasteiger charge is -2.36. The van der Waals surface area contributed by atoms with Gasteiger partial charge in [0.15, 0.2) is 5.82 Å². The number of aliphatic imine (C=N–C) groups is 1. The van der Waals surface area contributed by atoms with Crippen LogP contribution in [0.4, 0.5) is 0 Å². The molecule has 0 spiro atoms. The van der Waals surface area contributed by atoms with Gasteiger partial charge in [-0.2, -0.15) is 5.10 Å². The van der Waals surface area contributed by atoms with Crippen LogP contribution in [0.3, 0.4) is 0 Å². The molecule has 1 saturated carbocycles. The standard InChI is InChI=1S/C55H60ClN11O4S/c1-30(2)50(54(70)65-28-31(3)22-46(65)53(69)59-33(5)36-12-14-38(15-13-36)51-57-20-21-64(51)8)66-29-40(27-58-66)39-10-9-11-43(23-39)71-44-24-42(25-44)60-47(68)26-45-52-63-62-35(7)67(52)55-48(32(4)34(6)72-55)49(61-45)37-16-18-41(56)19-17-37/h9-21,23,27,29-31,33,42,44-46,50H,22,24-26,28H2,1-8H3,(H,59,69)(H,60,68)/t31-,33+,42-,44+,45+,46+,50-/m1/s1. The average Bonchev–Trinajstić information content (AvgIpc) is 4.19. The Kier molecular flexibility index (Phi) is 13.5. The van der Waals surface area contributed by atoms with E-state index in [9.17, 15) is 14.4 Å². The number of nitrogens with zero attached hydrogens (tertiary/aromatic N) is 9. The average molecular weight is 1010 g/mol. The van der Waals surface area contributed by atoms with Gasteiger partial charge in [0.2, 0.25) is 17.7 Å². The van der Waals surface area contributed by atoms with E-state index in [0.29, 0.717) is 42.4 Å². The number of fused-ring (bicyclic) bond motifs is 3. The quantitative estimate of drug-likeness (QED) is 0.109. The van der Waals surface area contributed by atoms with Crippen LogP contribution >= 0.6 is 22.9 Å². The van der Waals surface area contributed by atoms with Crippen molar-refractivity contribution in [1.29, 1.82) is 0 Å². The molecule has 1 saturated heterocycles. The Morgan fingerprint density at radius 3 is 2.39 bits per heavy atom. The second kappa shape index (κ2) is 19.9. The minimum Gasteiger partial charge on any atom is -0.490 e. The fourth-order valence-electron chi connectivity index (χ4n) is 10.3. The van der Waals surface area contributed by atoms with Crippen molar-refractivity contribution in [3.63, 3.8) is 0 Å². The van der Waals surface area contributed by atoms with E-state index in [2.05, 4.69) is 51.2 Å². The number of carbonyl (C=O) groups excluding carboxylic acids is 3. The highest BCUT2D eigenvalue weighted by Crippen LogP contribution is 2.40. The molecule has 4 aromatic heterocycles. The number of hydrogen-bond donors (Lipinski definition) is 2. The molecule has 2 N–H and O–H groups in total. The van der Waals surface area contributed by atoms with Gasteiger partial charge in [0.1, 0.15) is 46.6 Å². The molecule has 0 bridgehead atoms. The minimum atomic E-state index is -0.610. The highest BCUT2D eigenvalue weighted by atomic mass is 35.5. The molecule has 0 radical (unpaired) electrons. The highest BCUT2D eigenvalue weighted by Gasteiger charge is 2.42. The normalized spacial score (nSPS) is 20.2. The first-order chi connectivity index (χ1) is 34.6. The van der Waals surface area contributed by atoms with Crippen molar-refractivity contribution in [2.24, 2.45) is 23.9 Å². The second-order valence-electron chi connectivity index (χ2n) is 20.1. The molecule has 372 valence electrons. The zero-order valence-corrected chi connectivity index (χ0v) is 43.4. The molecule has 5 atom stereocenters. The lowest BCUT2D eigenvalue weighted by atomic mass is 9.89. The molecular weight excluding hydrogens is 946 g/mol. The predicted octanol–water partition coefficient (Wildman–Crippen LogP) is 9.49. The first kappa shape index (κ1) is 48.7. The van der Waals surface area contributed by atoms with Crippen LogP contribution in [0.15, 0.2) is 103 Å².